The molecule has 8 heteroatoms. The van der Waals surface area contributed by atoms with Gasteiger partial charge in [-0.25, -0.2) is 13.5 Å². The lowest BCUT2D eigenvalue weighted by Gasteiger charge is -2.15. The van der Waals surface area contributed by atoms with Crippen molar-refractivity contribution in [3.63, 3.8) is 0 Å². The van der Waals surface area contributed by atoms with Crippen LogP contribution in [0.15, 0.2) is 0 Å². The van der Waals surface area contributed by atoms with E-state index in [4.69, 9.17) is 5.73 Å². The minimum absolute atomic E-state index is 0.108. The molecule has 0 aromatic carbocycles. The summed E-state index contributed by atoms with van der Waals surface area (Å²) >= 11 is 0. The third-order valence-electron chi connectivity index (χ3n) is 1.50. The number of halogens is 2. The molecule has 0 atom stereocenters. The average molecular weight is 245 g/mol. The third kappa shape index (κ3) is 7.60. The number of hydrogen-bond acceptors (Lipinski definition) is 3. The summed E-state index contributed by atoms with van der Waals surface area (Å²) in [5.41, 5.74) is 4.75. The van der Waals surface area contributed by atoms with E-state index in [1.165, 1.54) is 0 Å². The van der Waals surface area contributed by atoms with E-state index in [1.807, 2.05) is 0 Å². The summed E-state index contributed by atoms with van der Waals surface area (Å²) in [7, 11) is -3.86. The van der Waals surface area contributed by atoms with Crippen molar-refractivity contribution in [1.82, 2.24) is 9.44 Å². The number of hydrogen-bond donors (Lipinski definition) is 3. The van der Waals surface area contributed by atoms with Gasteiger partial charge in [0.15, 0.2) is 0 Å². The van der Waals surface area contributed by atoms with Crippen LogP contribution in [-0.2, 0) is 10.2 Å². The molecule has 0 fully saturated rings. The first-order valence-electron chi connectivity index (χ1n) is 4.50. The second-order valence-corrected chi connectivity index (χ2v) is 5.21. The van der Waals surface area contributed by atoms with Crippen LogP contribution in [0.3, 0.4) is 0 Å². The molecule has 0 bridgehead atoms. The highest BCUT2D eigenvalue weighted by Crippen LogP contribution is 2.08. The van der Waals surface area contributed by atoms with Gasteiger partial charge in [0.25, 0.3) is 16.1 Å². The Morgan fingerprint density at radius 2 is 1.87 bits per heavy atom. The largest absolute Gasteiger partial charge is 0.325 e. The number of nitrogens with one attached hydrogen (secondary N) is 2. The van der Waals surface area contributed by atoms with Gasteiger partial charge in [0, 0.05) is 6.54 Å². The Hall–Kier alpha value is -0.310. The molecule has 5 nitrogen and oxygen atoms in total. The molecule has 15 heavy (non-hydrogen) atoms. The normalized spacial score (nSPS) is 13.5. The van der Waals surface area contributed by atoms with Crippen LogP contribution < -0.4 is 15.2 Å². The maximum Gasteiger partial charge on any atom is 0.277 e. The molecule has 0 aliphatic carbocycles. The second kappa shape index (κ2) is 5.69. The van der Waals surface area contributed by atoms with Crippen LogP contribution in [0.1, 0.15) is 13.8 Å². The summed E-state index contributed by atoms with van der Waals surface area (Å²) in [6.07, 6.45) is 0. The molecule has 0 aliphatic heterocycles. The fraction of sp³-hybridized carbons (Fsp3) is 1.00. The molecule has 0 aromatic rings. The van der Waals surface area contributed by atoms with E-state index in [-0.39, 0.29) is 12.5 Å². The van der Waals surface area contributed by atoms with Gasteiger partial charge >= 0.3 is 0 Å². The lowest BCUT2D eigenvalue weighted by Crippen LogP contribution is -2.46. The van der Waals surface area contributed by atoms with E-state index >= 15 is 0 Å². The topological polar surface area (TPSA) is 84.2 Å². The van der Waals surface area contributed by atoms with Crippen molar-refractivity contribution in [2.45, 2.75) is 19.8 Å². The Morgan fingerprint density at radius 3 is 2.27 bits per heavy atom. The first-order valence-corrected chi connectivity index (χ1v) is 5.99. The van der Waals surface area contributed by atoms with Gasteiger partial charge in [-0.3, -0.25) is 0 Å². The molecule has 0 radical (unpaired) electrons. The third-order valence-corrected chi connectivity index (χ3v) is 2.57. The molecule has 0 heterocycles. The van der Waals surface area contributed by atoms with Crippen molar-refractivity contribution in [1.29, 1.82) is 0 Å². The van der Waals surface area contributed by atoms with E-state index in [2.05, 4.69) is 4.72 Å². The summed E-state index contributed by atoms with van der Waals surface area (Å²) in [6, 6.07) is 0. The van der Waals surface area contributed by atoms with Crippen molar-refractivity contribution in [3.8, 4) is 0 Å². The number of alkyl halides is 2. The number of nitrogens with two attached hydrogens (primary N) is 1. The van der Waals surface area contributed by atoms with Gasteiger partial charge in [-0.1, -0.05) is 13.8 Å². The van der Waals surface area contributed by atoms with Crippen molar-refractivity contribution < 1.29 is 17.2 Å². The Morgan fingerprint density at radius 1 is 1.33 bits per heavy atom. The molecular formula is C7H17F2N3O2S. The smallest absolute Gasteiger partial charge is 0.277 e. The lowest BCUT2D eigenvalue weighted by atomic mass is 10.2. The number of rotatable bonds is 7. The lowest BCUT2D eigenvalue weighted by molar-refractivity contribution is 0.0169. The summed E-state index contributed by atoms with van der Waals surface area (Å²) in [5.74, 6) is -3.11. The van der Waals surface area contributed by atoms with E-state index < -0.39 is 29.2 Å². The van der Waals surface area contributed by atoms with Crippen LogP contribution >= 0.6 is 0 Å². The molecule has 4 N–H and O–H groups in total. The molecule has 0 unspecified atom stereocenters. The van der Waals surface area contributed by atoms with Gasteiger partial charge in [0.05, 0.1) is 13.1 Å². The van der Waals surface area contributed by atoms with Crippen molar-refractivity contribution in [2.75, 3.05) is 19.6 Å². The van der Waals surface area contributed by atoms with E-state index in [1.54, 1.807) is 18.6 Å². The molecule has 0 saturated carbocycles. The zero-order chi connectivity index (χ0) is 12.1. The van der Waals surface area contributed by atoms with Crippen LogP contribution in [0.2, 0.25) is 0 Å². The second-order valence-electron chi connectivity index (χ2n) is 3.63. The van der Waals surface area contributed by atoms with Gasteiger partial charge in [0.2, 0.25) is 0 Å². The standard InChI is InChI=1S/C7H17F2N3O2S/c1-6(2)3-11-15(13,14)12-5-7(8,9)4-10/h6,11-12H,3-5,10H2,1-2H3. The first-order chi connectivity index (χ1) is 6.68. The van der Waals surface area contributed by atoms with Gasteiger partial charge in [-0.05, 0) is 5.92 Å². The molecule has 0 aliphatic rings. The molecular weight excluding hydrogens is 228 g/mol. The minimum Gasteiger partial charge on any atom is -0.325 e. The van der Waals surface area contributed by atoms with E-state index in [0.29, 0.717) is 0 Å². The molecule has 0 rings (SSSR count). The summed E-state index contributed by atoms with van der Waals surface area (Å²) in [5, 5.41) is 0. The molecule has 0 aromatic heterocycles. The minimum atomic E-state index is -3.86. The molecule has 0 spiro atoms. The van der Waals surface area contributed by atoms with E-state index in [9.17, 15) is 17.2 Å². The van der Waals surface area contributed by atoms with Crippen molar-refractivity contribution in [2.24, 2.45) is 11.7 Å². The fourth-order valence-electron chi connectivity index (χ4n) is 0.600. The zero-order valence-corrected chi connectivity index (χ0v) is 9.57. The summed E-state index contributed by atoms with van der Waals surface area (Å²) in [4.78, 5) is 0. The van der Waals surface area contributed by atoms with Crippen LogP contribution in [0.25, 0.3) is 0 Å². The van der Waals surface area contributed by atoms with Gasteiger partial charge < -0.3 is 5.73 Å². The molecule has 0 saturated heterocycles. The van der Waals surface area contributed by atoms with Gasteiger partial charge in [-0.2, -0.15) is 13.1 Å². The van der Waals surface area contributed by atoms with Crippen LogP contribution in [0.5, 0.6) is 0 Å². The highest BCUT2D eigenvalue weighted by molar-refractivity contribution is 7.87. The summed E-state index contributed by atoms with van der Waals surface area (Å²) < 4.78 is 51.3. The fourth-order valence-corrected chi connectivity index (χ4v) is 1.66. The van der Waals surface area contributed by atoms with Gasteiger partial charge in [0.1, 0.15) is 0 Å². The molecule has 0 amide bonds. The predicted molar refractivity (Wildman–Crippen MR) is 53.8 cm³/mol. The Labute approximate surface area is 88.6 Å². The Balaban J connectivity index is 4.05. The highest BCUT2D eigenvalue weighted by atomic mass is 32.2. The zero-order valence-electron chi connectivity index (χ0n) is 8.76. The Kier molecular flexibility index (Phi) is 5.57. The van der Waals surface area contributed by atoms with Gasteiger partial charge in [-0.15, -0.1) is 0 Å². The average Bonchev–Trinajstić information content (AvgIpc) is 2.13. The van der Waals surface area contributed by atoms with Crippen LogP contribution in [-0.4, -0.2) is 34.0 Å². The maximum absolute atomic E-state index is 12.6. The first kappa shape index (κ1) is 14.7. The SMILES string of the molecule is CC(C)CNS(=O)(=O)NCC(F)(F)CN. The Bertz CT molecular complexity index is 280. The molecule has 92 valence electrons. The highest BCUT2D eigenvalue weighted by Gasteiger charge is 2.28. The van der Waals surface area contributed by atoms with Crippen LogP contribution in [0, 0.1) is 5.92 Å². The quantitative estimate of drug-likeness (QED) is 0.573. The van der Waals surface area contributed by atoms with Crippen molar-refractivity contribution >= 4 is 10.2 Å². The maximum atomic E-state index is 12.6. The van der Waals surface area contributed by atoms with E-state index in [0.717, 1.165) is 0 Å². The van der Waals surface area contributed by atoms with Crippen molar-refractivity contribution in [3.05, 3.63) is 0 Å². The van der Waals surface area contributed by atoms with Crippen LogP contribution in [0.4, 0.5) is 8.78 Å². The monoisotopic (exact) mass is 245 g/mol. The predicted octanol–water partition coefficient (Wildman–Crippen LogP) is -0.340. The summed E-state index contributed by atoms with van der Waals surface area (Å²) in [6.45, 7) is 1.92.